The lowest BCUT2D eigenvalue weighted by Crippen LogP contribution is -2.12. The third-order valence-corrected chi connectivity index (χ3v) is 6.07. The number of rotatable bonds is 4. The second-order valence-corrected chi connectivity index (χ2v) is 8.19. The highest BCUT2D eigenvalue weighted by atomic mass is 32.1. The normalized spacial score (nSPS) is 11.1. The maximum Gasteiger partial charge on any atom is 0.272 e. The van der Waals surface area contributed by atoms with Crippen molar-refractivity contribution in [2.45, 2.75) is 6.92 Å². The number of nitrogens with one attached hydrogen (secondary N) is 2. The average Bonchev–Trinajstić information content (AvgIpc) is 3.37. The molecule has 0 saturated carbocycles. The van der Waals surface area contributed by atoms with Crippen LogP contribution in [0, 0.1) is 6.92 Å². The van der Waals surface area contributed by atoms with E-state index in [0.717, 1.165) is 38.4 Å². The van der Waals surface area contributed by atoms with Crippen LogP contribution >= 0.6 is 11.3 Å². The Balaban J connectivity index is 1.35. The summed E-state index contributed by atoms with van der Waals surface area (Å²) in [6, 6.07) is 21.5. The van der Waals surface area contributed by atoms with E-state index in [9.17, 15) is 4.79 Å². The van der Waals surface area contributed by atoms with Crippen LogP contribution in [-0.4, -0.2) is 23.0 Å². The van der Waals surface area contributed by atoms with Crippen LogP contribution in [0.3, 0.4) is 0 Å². The molecule has 5 aromatic rings. The van der Waals surface area contributed by atoms with E-state index < -0.39 is 0 Å². The van der Waals surface area contributed by atoms with Gasteiger partial charge in [0.25, 0.3) is 5.91 Å². The van der Waals surface area contributed by atoms with Gasteiger partial charge in [0.2, 0.25) is 0 Å². The quantitative estimate of drug-likeness (QED) is 0.379. The zero-order valence-corrected chi connectivity index (χ0v) is 17.3. The number of aromatic nitrogens is 2. The number of hydrogen-bond donors (Lipinski definition) is 2. The topological polar surface area (TPSA) is 67.0 Å². The molecule has 0 aliphatic carbocycles. The number of aromatic amines is 1. The van der Waals surface area contributed by atoms with Crippen molar-refractivity contribution in [3.8, 4) is 16.3 Å². The number of carbonyl (C=O) groups is 1. The van der Waals surface area contributed by atoms with Crippen molar-refractivity contribution in [2.75, 3.05) is 12.4 Å². The Kier molecular flexibility index (Phi) is 4.48. The molecule has 0 atom stereocenters. The molecule has 0 aliphatic rings. The molecule has 0 radical (unpaired) electrons. The predicted molar refractivity (Wildman–Crippen MR) is 123 cm³/mol. The van der Waals surface area contributed by atoms with Gasteiger partial charge >= 0.3 is 0 Å². The molecular weight excluding hydrogens is 394 g/mol. The van der Waals surface area contributed by atoms with Crippen molar-refractivity contribution in [3.63, 3.8) is 0 Å². The number of benzene rings is 3. The van der Waals surface area contributed by atoms with E-state index in [1.807, 2.05) is 48.5 Å². The van der Waals surface area contributed by atoms with Crippen molar-refractivity contribution < 1.29 is 9.53 Å². The van der Waals surface area contributed by atoms with E-state index in [1.165, 1.54) is 10.3 Å². The summed E-state index contributed by atoms with van der Waals surface area (Å²) in [7, 11) is 1.63. The standard InChI is InChI=1S/C24H19N3O2S/c1-14-3-9-20-22(11-14)30-24(27-20)15-4-6-17(7-5-15)25-23(28)21-13-16-12-18(29-2)8-10-19(16)26-21/h3-13,26H,1-2H3,(H,25,28). The van der Waals surface area contributed by atoms with Crippen molar-refractivity contribution in [1.82, 2.24) is 9.97 Å². The molecule has 0 saturated heterocycles. The molecule has 6 heteroatoms. The van der Waals surface area contributed by atoms with E-state index in [0.29, 0.717) is 5.69 Å². The molecule has 2 N–H and O–H groups in total. The van der Waals surface area contributed by atoms with Gasteiger partial charge in [-0.1, -0.05) is 6.07 Å². The molecule has 0 spiro atoms. The molecule has 5 rings (SSSR count). The van der Waals surface area contributed by atoms with Crippen molar-refractivity contribution in [3.05, 3.63) is 78.0 Å². The van der Waals surface area contributed by atoms with Crippen LogP contribution in [0.2, 0.25) is 0 Å². The van der Waals surface area contributed by atoms with Gasteiger partial charge < -0.3 is 15.0 Å². The van der Waals surface area contributed by atoms with Crippen LogP contribution in [0.1, 0.15) is 16.1 Å². The first-order valence-corrected chi connectivity index (χ1v) is 10.4. The van der Waals surface area contributed by atoms with E-state index >= 15 is 0 Å². The predicted octanol–water partition coefficient (Wildman–Crippen LogP) is 6.01. The van der Waals surface area contributed by atoms with Crippen LogP contribution in [0.4, 0.5) is 5.69 Å². The van der Waals surface area contributed by atoms with Gasteiger partial charge in [-0.25, -0.2) is 4.98 Å². The highest BCUT2D eigenvalue weighted by Crippen LogP contribution is 2.31. The number of H-pyrrole nitrogens is 1. The van der Waals surface area contributed by atoms with Crippen molar-refractivity contribution >= 4 is 44.1 Å². The van der Waals surface area contributed by atoms with E-state index in [1.54, 1.807) is 18.4 Å². The third-order valence-electron chi connectivity index (χ3n) is 5.01. The Morgan fingerprint density at radius 1 is 1.03 bits per heavy atom. The monoisotopic (exact) mass is 413 g/mol. The van der Waals surface area contributed by atoms with Crippen LogP contribution < -0.4 is 10.1 Å². The number of methoxy groups -OCH3 is 1. The lowest BCUT2D eigenvalue weighted by molar-refractivity contribution is 0.102. The van der Waals surface area contributed by atoms with Crippen LogP contribution in [0.15, 0.2) is 66.7 Å². The molecule has 2 heterocycles. The Morgan fingerprint density at radius 2 is 1.87 bits per heavy atom. The zero-order chi connectivity index (χ0) is 20.7. The highest BCUT2D eigenvalue weighted by molar-refractivity contribution is 7.21. The number of anilines is 1. The summed E-state index contributed by atoms with van der Waals surface area (Å²) in [6.45, 7) is 2.08. The molecule has 30 heavy (non-hydrogen) atoms. The summed E-state index contributed by atoms with van der Waals surface area (Å²) in [5.41, 5.74) is 5.40. The number of hydrogen-bond acceptors (Lipinski definition) is 4. The Morgan fingerprint density at radius 3 is 2.67 bits per heavy atom. The fraction of sp³-hybridized carbons (Fsp3) is 0.0833. The summed E-state index contributed by atoms with van der Waals surface area (Å²) >= 11 is 1.67. The van der Waals surface area contributed by atoms with Crippen LogP contribution in [-0.2, 0) is 0 Å². The first kappa shape index (κ1) is 18.4. The number of fused-ring (bicyclic) bond motifs is 2. The Hall–Kier alpha value is -3.64. The van der Waals surface area contributed by atoms with Gasteiger partial charge in [0, 0.05) is 22.2 Å². The first-order valence-electron chi connectivity index (χ1n) is 9.55. The fourth-order valence-corrected chi connectivity index (χ4v) is 4.48. The van der Waals surface area contributed by atoms with Crippen molar-refractivity contribution in [2.24, 2.45) is 0 Å². The smallest absolute Gasteiger partial charge is 0.272 e. The molecule has 148 valence electrons. The van der Waals surface area contributed by atoms with Gasteiger partial charge in [0.15, 0.2) is 0 Å². The molecule has 0 bridgehead atoms. The van der Waals surface area contributed by atoms with Gasteiger partial charge in [0.05, 0.1) is 17.3 Å². The van der Waals surface area contributed by atoms with Gasteiger partial charge in [-0.05, 0) is 73.2 Å². The largest absolute Gasteiger partial charge is 0.497 e. The summed E-state index contributed by atoms with van der Waals surface area (Å²) in [4.78, 5) is 20.5. The summed E-state index contributed by atoms with van der Waals surface area (Å²) in [6.07, 6.45) is 0. The zero-order valence-electron chi connectivity index (χ0n) is 16.5. The molecule has 3 aromatic carbocycles. The minimum atomic E-state index is -0.187. The molecule has 2 aromatic heterocycles. The maximum atomic E-state index is 12.7. The van der Waals surface area contributed by atoms with Crippen LogP contribution in [0.25, 0.3) is 31.7 Å². The minimum Gasteiger partial charge on any atom is -0.497 e. The van der Waals surface area contributed by atoms with Gasteiger partial charge in [-0.3, -0.25) is 4.79 Å². The van der Waals surface area contributed by atoms with Gasteiger partial charge in [0.1, 0.15) is 16.5 Å². The lowest BCUT2D eigenvalue weighted by Gasteiger charge is -2.04. The molecule has 5 nitrogen and oxygen atoms in total. The second kappa shape index (κ2) is 7.31. The van der Waals surface area contributed by atoms with E-state index in [4.69, 9.17) is 9.72 Å². The Bertz CT molecular complexity index is 1380. The molecular formula is C24H19N3O2S. The lowest BCUT2D eigenvalue weighted by atomic mass is 10.2. The fourth-order valence-electron chi connectivity index (χ4n) is 3.41. The number of thiazole rings is 1. The SMILES string of the molecule is COc1ccc2[nH]c(C(=O)Nc3ccc(-c4nc5ccc(C)cc5s4)cc3)cc2c1. The maximum absolute atomic E-state index is 12.7. The van der Waals surface area contributed by atoms with E-state index in [-0.39, 0.29) is 5.91 Å². The molecule has 1 amide bonds. The summed E-state index contributed by atoms with van der Waals surface area (Å²) in [5.74, 6) is 0.572. The van der Waals surface area contributed by atoms with Gasteiger partial charge in [-0.2, -0.15) is 0 Å². The number of amides is 1. The number of aryl methyl sites for hydroxylation is 1. The molecule has 0 fully saturated rings. The molecule has 0 aliphatic heterocycles. The number of carbonyl (C=O) groups excluding carboxylic acids is 1. The first-order chi connectivity index (χ1) is 14.6. The number of nitrogens with zero attached hydrogens (tertiary/aromatic N) is 1. The van der Waals surface area contributed by atoms with Gasteiger partial charge in [-0.15, -0.1) is 11.3 Å². The number of ether oxygens (including phenoxy) is 1. The average molecular weight is 414 g/mol. The van der Waals surface area contributed by atoms with Crippen molar-refractivity contribution in [1.29, 1.82) is 0 Å². The highest BCUT2D eigenvalue weighted by Gasteiger charge is 2.11. The third kappa shape index (κ3) is 3.42. The summed E-state index contributed by atoms with van der Waals surface area (Å²) in [5, 5.41) is 4.84. The van der Waals surface area contributed by atoms with E-state index in [2.05, 4.69) is 35.4 Å². The minimum absolute atomic E-state index is 0.187. The molecule has 0 unspecified atom stereocenters. The van der Waals surface area contributed by atoms with Crippen LogP contribution in [0.5, 0.6) is 5.75 Å². The Labute approximate surface area is 177 Å². The second-order valence-electron chi connectivity index (χ2n) is 7.16. The summed E-state index contributed by atoms with van der Waals surface area (Å²) < 4.78 is 6.42.